The van der Waals surface area contributed by atoms with E-state index in [1.54, 1.807) is 12.5 Å². The lowest BCUT2D eigenvalue weighted by atomic mass is 10.3. The number of rotatable bonds is 5. The summed E-state index contributed by atoms with van der Waals surface area (Å²) in [6.45, 7) is 3.12. The topological polar surface area (TPSA) is 64.0 Å². The summed E-state index contributed by atoms with van der Waals surface area (Å²) in [5, 5.41) is 2.90. The van der Waals surface area contributed by atoms with Crippen LogP contribution in [-0.2, 0) is 22.9 Å². The molecule has 0 bridgehead atoms. The Morgan fingerprint density at radius 2 is 2.15 bits per heavy atom. The Hall–Kier alpha value is -1.89. The van der Waals surface area contributed by atoms with Gasteiger partial charge >= 0.3 is 0 Å². The van der Waals surface area contributed by atoms with Gasteiger partial charge in [0.2, 0.25) is 0 Å². The molecule has 0 saturated carbocycles. The van der Waals surface area contributed by atoms with Crippen molar-refractivity contribution in [2.45, 2.75) is 24.9 Å². The average Bonchev–Trinajstić information content (AvgIpc) is 2.83. The first kappa shape index (κ1) is 14.5. The summed E-state index contributed by atoms with van der Waals surface area (Å²) in [6, 6.07) is 3.71. The van der Waals surface area contributed by atoms with Gasteiger partial charge in [-0.25, -0.2) is 17.8 Å². The van der Waals surface area contributed by atoms with Crippen LogP contribution in [0.15, 0.2) is 35.6 Å². The molecular weight excluding hydrogens is 281 g/mol. The Morgan fingerprint density at radius 3 is 2.80 bits per heavy atom. The van der Waals surface area contributed by atoms with E-state index in [-0.39, 0.29) is 10.6 Å². The smallest absolute Gasteiger partial charge is 0.175 e. The van der Waals surface area contributed by atoms with E-state index < -0.39 is 15.7 Å². The van der Waals surface area contributed by atoms with Gasteiger partial charge in [0.1, 0.15) is 5.82 Å². The normalized spacial score (nSPS) is 11.6. The number of nitrogens with one attached hydrogen (secondary N) is 1. The summed E-state index contributed by atoms with van der Waals surface area (Å²) in [7, 11) is -3.35. The number of imidazole rings is 1. The number of aryl methyl sites for hydroxylation is 1. The highest BCUT2D eigenvalue weighted by atomic mass is 32.2. The van der Waals surface area contributed by atoms with Gasteiger partial charge in [-0.05, 0) is 25.1 Å². The number of aromatic nitrogens is 2. The van der Waals surface area contributed by atoms with Crippen molar-refractivity contribution in [2.75, 3.05) is 11.6 Å². The fraction of sp³-hybridized carbons (Fsp3) is 0.308. The van der Waals surface area contributed by atoms with Crippen LogP contribution in [0.1, 0.15) is 12.6 Å². The van der Waals surface area contributed by atoms with Crippen LogP contribution in [0.5, 0.6) is 0 Å². The second kappa shape index (κ2) is 5.62. The molecule has 20 heavy (non-hydrogen) atoms. The Labute approximate surface area is 117 Å². The van der Waals surface area contributed by atoms with Crippen molar-refractivity contribution in [2.24, 2.45) is 0 Å². The molecule has 1 aromatic carbocycles. The second-order valence-corrected chi connectivity index (χ2v) is 6.45. The third-order valence-corrected chi connectivity index (χ3v) is 4.08. The zero-order valence-corrected chi connectivity index (χ0v) is 12.1. The zero-order chi connectivity index (χ0) is 14.8. The molecule has 0 amide bonds. The lowest BCUT2D eigenvalue weighted by Crippen LogP contribution is -2.08. The maximum atomic E-state index is 13.7. The van der Waals surface area contributed by atoms with E-state index in [0.29, 0.717) is 6.54 Å². The van der Waals surface area contributed by atoms with Gasteiger partial charge < -0.3 is 9.88 Å². The molecule has 0 spiro atoms. The van der Waals surface area contributed by atoms with Gasteiger partial charge in [0.15, 0.2) is 9.84 Å². The first-order chi connectivity index (χ1) is 9.41. The molecule has 2 rings (SSSR count). The number of nitrogens with zero attached hydrogens (tertiary/aromatic N) is 2. The Balaban J connectivity index is 2.21. The number of sulfone groups is 1. The molecule has 0 unspecified atom stereocenters. The predicted molar refractivity (Wildman–Crippen MR) is 74.7 cm³/mol. The molecule has 0 atom stereocenters. The van der Waals surface area contributed by atoms with Crippen molar-refractivity contribution in [1.29, 1.82) is 0 Å². The van der Waals surface area contributed by atoms with Gasteiger partial charge in [-0.1, -0.05) is 0 Å². The Kier molecular flexibility index (Phi) is 4.08. The third-order valence-electron chi connectivity index (χ3n) is 2.97. The van der Waals surface area contributed by atoms with Crippen molar-refractivity contribution in [3.05, 3.63) is 42.2 Å². The number of hydrogen-bond donors (Lipinski definition) is 1. The lowest BCUT2D eigenvalue weighted by molar-refractivity contribution is 0.600. The average molecular weight is 297 g/mol. The van der Waals surface area contributed by atoms with E-state index in [1.807, 2.05) is 11.5 Å². The highest BCUT2D eigenvalue weighted by molar-refractivity contribution is 7.90. The van der Waals surface area contributed by atoms with Crippen LogP contribution in [0.3, 0.4) is 0 Å². The van der Waals surface area contributed by atoms with Crippen LogP contribution in [0.4, 0.5) is 10.1 Å². The van der Waals surface area contributed by atoms with Crippen LogP contribution in [0.2, 0.25) is 0 Å². The minimum Gasteiger partial charge on any atom is -0.377 e. The van der Waals surface area contributed by atoms with E-state index >= 15 is 0 Å². The van der Waals surface area contributed by atoms with Crippen molar-refractivity contribution >= 4 is 15.5 Å². The molecule has 108 valence electrons. The minimum absolute atomic E-state index is 0.0883. The molecule has 1 aromatic heterocycles. The molecule has 0 aliphatic carbocycles. The first-order valence-corrected chi connectivity index (χ1v) is 8.03. The fourth-order valence-electron chi connectivity index (χ4n) is 1.84. The van der Waals surface area contributed by atoms with Gasteiger partial charge in [-0.15, -0.1) is 0 Å². The molecule has 0 aliphatic heterocycles. The standard InChI is InChI=1S/C13H16FN3O2S/c1-3-17-9-15-7-10(17)8-16-13-6-11(20(2,18)19)4-5-12(13)14/h4-7,9,16H,3,8H2,1-2H3. The highest BCUT2D eigenvalue weighted by Gasteiger charge is 2.11. The first-order valence-electron chi connectivity index (χ1n) is 6.14. The van der Waals surface area contributed by atoms with Crippen LogP contribution in [-0.4, -0.2) is 24.2 Å². The van der Waals surface area contributed by atoms with Gasteiger partial charge in [0.25, 0.3) is 0 Å². The van der Waals surface area contributed by atoms with Crippen LogP contribution >= 0.6 is 0 Å². The summed E-state index contributed by atoms with van der Waals surface area (Å²) < 4.78 is 38.5. The second-order valence-electron chi connectivity index (χ2n) is 4.44. The van der Waals surface area contributed by atoms with Gasteiger partial charge in [0, 0.05) is 19.0 Å². The molecule has 0 radical (unpaired) electrons. The molecular formula is C13H16FN3O2S. The molecule has 0 saturated heterocycles. The molecule has 0 fully saturated rings. The van der Waals surface area contributed by atoms with E-state index in [1.165, 1.54) is 12.1 Å². The minimum atomic E-state index is -3.35. The van der Waals surface area contributed by atoms with Gasteiger partial charge in [-0.3, -0.25) is 0 Å². The predicted octanol–water partition coefficient (Wildman–Crippen LogP) is 2.06. The number of halogens is 1. The van der Waals surface area contributed by atoms with Crippen LogP contribution in [0, 0.1) is 5.82 Å². The third kappa shape index (κ3) is 3.16. The molecule has 1 N–H and O–H groups in total. The van der Waals surface area contributed by atoms with Crippen molar-refractivity contribution in [3.8, 4) is 0 Å². The molecule has 5 nitrogen and oxygen atoms in total. The molecule has 0 aliphatic rings. The molecule has 1 heterocycles. The number of hydrogen-bond acceptors (Lipinski definition) is 4. The van der Waals surface area contributed by atoms with Crippen molar-refractivity contribution < 1.29 is 12.8 Å². The quantitative estimate of drug-likeness (QED) is 0.858. The summed E-state index contributed by atoms with van der Waals surface area (Å²) in [5.74, 6) is -0.486. The summed E-state index contributed by atoms with van der Waals surface area (Å²) >= 11 is 0. The van der Waals surface area contributed by atoms with E-state index in [9.17, 15) is 12.8 Å². The maximum absolute atomic E-state index is 13.7. The van der Waals surface area contributed by atoms with E-state index in [4.69, 9.17) is 0 Å². The Morgan fingerprint density at radius 1 is 1.40 bits per heavy atom. The maximum Gasteiger partial charge on any atom is 0.175 e. The lowest BCUT2D eigenvalue weighted by Gasteiger charge is -2.10. The Bertz CT molecular complexity index is 710. The van der Waals surface area contributed by atoms with Gasteiger partial charge in [0.05, 0.1) is 29.1 Å². The largest absolute Gasteiger partial charge is 0.377 e. The van der Waals surface area contributed by atoms with E-state index in [0.717, 1.165) is 24.6 Å². The zero-order valence-electron chi connectivity index (χ0n) is 11.3. The number of anilines is 1. The fourth-order valence-corrected chi connectivity index (χ4v) is 2.48. The molecule has 2 aromatic rings. The summed E-state index contributed by atoms with van der Waals surface area (Å²) in [4.78, 5) is 4.11. The summed E-state index contributed by atoms with van der Waals surface area (Å²) in [5.41, 5.74) is 1.06. The van der Waals surface area contributed by atoms with Crippen molar-refractivity contribution in [1.82, 2.24) is 9.55 Å². The highest BCUT2D eigenvalue weighted by Crippen LogP contribution is 2.20. The summed E-state index contributed by atoms with van der Waals surface area (Å²) in [6.07, 6.45) is 4.48. The number of benzene rings is 1. The van der Waals surface area contributed by atoms with Crippen LogP contribution in [0.25, 0.3) is 0 Å². The monoisotopic (exact) mass is 297 g/mol. The van der Waals surface area contributed by atoms with Crippen LogP contribution < -0.4 is 5.32 Å². The van der Waals surface area contributed by atoms with Gasteiger partial charge in [-0.2, -0.15) is 0 Å². The van der Waals surface area contributed by atoms with E-state index in [2.05, 4.69) is 10.3 Å². The van der Waals surface area contributed by atoms with Crippen molar-refractivity contribution in [3.63, 3.8) is 0 Å². The SMILES string of the molecule is CCn1cncc1CNc1cc(S(C)(=O)=O)ccc1F. The molecule has 7 heteroatoms.